The lowest BCUT2D eigenvalue weighted by Crippen LogP contribution is -2.16. The van der Waals surface area contributed by atoms with Crippen LogP contribution in [0.1, 0.15) is 32.6 Å². The zero-order valence-corrected chi connectivity index (χ0v) is 13.4. The second-order valence-corrected chi connectivity index (χ2v) is 7.19. The van der Waals surface area contributed by atoms with Crippen molar-refractivity contribution in [3.63, 3.8) is 0 Å². The van der Waals surface area contributed by atoms with Gasteiger partial charge in [0.2, 0.25) is 5.91 Å². The van der Waals surface area contributed by atoms with Crippen LogP contribution in [0.25, 0.3) is 0 Å². The van der Waals surface area contributed by atoms with E-state index in [4.69, 9.17) is 5.73 Å². The molecule has 0 aliphatic rings. The zero-order valence-electron chi connectivity index (χ0n) is 12.6. The first-order valence-electron chi connectivity index (χ1n) is 7.17. The molecular formula is C15H24N2O3S. The van der Waals surface area contributed by atoms with E-state index in [0.29, 0.717) is 24.6 Å². The number of carbonyl (C=O) groups is 1. The lowest BCUT2D eigenvalue weighted by atomic mass is 9.96. The number of rotatable bonds is 8. The van der Waals surface area contributed by atoms with Crippen LogP contribution < -0.4 is 11.1 Å². The van der Waals surface area contributed by atoms with E-state index in [1.165, 1.54) is 6.07 Å². The van der Waals surface area contributed by atoms with Gasteiger partial charge in [0.1, 0.15) is 0 Å². The van der Waals surface area contributed by atoms with Crippen molar-refractivity contribution >= 4 is 21.4 Å². The van der Waals surface area contributed by atoms with Crippen LogP contribution in [0.2, 0.25) is 0 Å². The molecule has 0 bridgehead atoms. The Morgan fingerprint density at radius 1 is 1.29 bits per heavy atom. The van der Waals surface area contributed by atoms with Crippen molar-refractivity contribution in [1.82, 2.24) is 0 Å². The minimum Gasteiger partial charge on any atom is -0.330 e. The van der Waals surface area contributed by atoms with Crippen LogP contribution in [0.4, 0.5) is 5.69 Å². The van der Waals surface area contributed by atoms with E-state index in [2.05, 4.69) is 12.2 Å². The summed E-state index contributed by atoms with van der Waals surface area (Å²) < 4.78 is 23.3. The molecule has 0 fully saturated rings. The summed E-state index contributed by atoms with van der Waals surface area (Å²) >= 11 is 0. The van der Waals surface area contributed by atoms with Crippen LogP contribution in [0.5, 0.6) is 0 Å². The summed E-state index contributed by atoms with van der Waals surface area (Å²) in [6, 6.07) is 6.44. The van der Waals surface area contributed by atoms with Crippen LogP contribution >= 0.6 is 0 Å². The molecule has 0 aliphatic carbocycles. The summed E-state index contributed by atoms with van der Waals surface area (Å²) in [6.07, 6.45) is 4.16. The molecule has 1 rings (SSSR count). The van der Waals surface area contributed by atoms with Gasteiger partial charge in [0.25, 0.3) is 0 Å². The second-order valence-electron chi connectivity index (χ2n) is 5.21. The monoisotopic (exact) mass is 312 g/mol. The molecule has 5 nitrogen and oxygen atoms in total. The van der Waals surface area contributed by atoms with Crippen LogP contribution in [0.15, 0.2) is 29.2 Å². The fourth-order valence-electron chi connectivity index (χ4n) is 2.23. The third-order valence-corrected chi connectivity index (χ3v) is 4.65. The van der Waals surface area contributed by atoms with Gasteiger partial charge in [0, 0.05) is 12.7 Å². The Labute approximate surface area is 126 Å². The first-order chi connectivity index (χ1) is 9.88. The SMILES string of the molecule is CCC(CCN)CCC(=O)Nc1ccccc1S(C)(=O)=O. The van der Waals surface area contributed by atoms with Crippen molar-refractivity contribution in [2.75, 3.05) is 18.1 Å². The molecule has 1 aromatic rings. The van der Waals surface area contributed by atoms with Crippen LogP contribution in [0.3, 0.4) is 0 Å². The van der Waals surface area contributed by atoms with Gasteiger partial charge in [0.05, 0.1) is 10.6 Å². The molecule has 0 radical (unpaired) electrons. The molecule has 0 spiro atoms. The summed E-state index contributed by atoms with van der Waals surface area (Å²) in [5.74, 6) is 0.271. The first-order valence-corrected chi connectivity index (χ1v) is 9.06. The van der Waals surface area contributed by atoms with Gasteiger partial charge in [-0.2, -0.15) is 0 Å². The average Bonchev–Trinajstić information content (AvgIpc) is 2.43. The predicted molar refractivity (Wildman–Crippen MR) is 84.9 cm³/mol. The molecule has 21 heavy (non-hydrogen) atoms. The van der Waals surface area contributed by atoms with Crippen molar-refractivity contribution in [1.29, 1.82) is 0 Å². The largest absolute Gasteiger partial charge is 0.330 e. The number of amides is 1. The van der Waals surface area contributed by atoms with E-state index in [0.717, 1.165) is 25.5 Å². The van der Waals surface area contributed by atoms with Gasteiger partial charge in [-0.3, -0.25) is 4.79 Å². The molecule has 0 saturated carbocycles. The van der Waals surface area contributed by atoms with Gasteiger partial charge in [-0.25, -0.2) is 8.42 Å². The molecule has 1 unspecified atom stereocenters. The molecule has 3 N–H and O–H groups in total. The minimum atomic E-state index is -3.35. The van der Waals surface area contributed by atoms with Gasteiger partial charge in [-0.15, -0.1) is 0 Å². The maximum absolute atomic E-state index is 12.0. The highest BCUT2D eigenvalue weighted by molar-refractivity contribution is 7.90. The number of hydrogen-bond donors (Lipinski definition) is 2. The summed E-state index contributed by atoms with van der Waals surface area (Å²) in [7, 11) is -3.35. The average molecular weight is 312 g/mol. The maximum Gasteiger partial charge on any atom is 0.224 e. The standard InChI is InChI=1S/C15H24N2O3S/c1-3-12(10-11-16)8-9-15(18)17-13-6-4-5-7-14(13)21(2,19)20/h4-7,12H,3,8-11,16H2,1-2H3,(H,17,18). The fraction of sp³-hybridized carbons (Fsp3) is 0.533. The zero-order chi connectivity index (χ0) is 15.9. The van der Waals surface area contributed by atoms with Crippen molar-refractivity contribution in [3.8, 4) is 0 Å². The van der Waals surface area contributed by atoms with Crippen molar-refractivity contribution in [2.24, 2.45) is 11.7 Å². The molecule has 0 saturated heterocycles. The number of sulfone groups is 1. The highest BCUT2D eigenvalue weighted by atomic mass is 32.2. The molecule has 0 aromatic heterocycles. The molecule has 1 aromatic carbocycles. The Bertz CT molecular complexity index is 570. The third-order valence-electron chi connectivity index (χ3n) is 3.49. The molecule has 0 aliphatic heterocycles. The highest BCUT2D eigenvalue weighted by Gasteiger charge is 2.15. The van der Waals surface area contributed by atoms with E-state index >= 15 is 0 Å². The Morgan fingerprint density at radius 3 is 2.52 bits per heavy atom. The normalized spacial score (nSPS) is 12.9. The molecule has 1 amide bonds. The number of benzene rings is 1. The molecule has 118 valence electrons. The Balaban J connectivity index is 2.68. The van der Waals surface area contributed by atoms with E-state index in [1.807, 2.05) is 0 Å². The quantitative estimate of drug-likeness (QED) is 0.770. The fourth-order valence-corrected chi connectivity index (χ4v) is 3.07. The Morgan fingerprint density at radius 2 is 1.95 bits per heavy atom. The van der Waals surface area contributed by atoms with Gasteiger partial charge >= 0.3 is 0 Å². The number of anilines is 1. The summed E-state index contributed by atoms with van der Waals surface area (Å²) in [6.45, 7) is 2.70. The third kappa shape index (κ3) is 5.85. The topological polar surface area (TPSA) is 89.3 Å². The number of para-hydroxylation sites is 1. The maximum atomic E-state index is 12.0. The van der Waals surface area contributed by atoms with Gasteiger partial charge < -0.3 is 11.1 Å². The summed E-state index contributed by atoms with van der Waals surface area (Å²) in [5.41, 5.74) is 5.88. The van der Waals surface area contributed by atoms with E-state index in [1.54, 1.807) is 18.2 Å². The van der Waals surface area contributed by atoms with Crippen molar-refractivity contribution in [2.45, 2.75) is 37.5 Å². The number of carbonyl (C=O) groups excluding carboxylic acids is 1. The van der Waals surface area contributed by atoms with Gasteiger partial charge in [0.15, 0.2) is 9.84 Å². The Hall–Kier alpha value is -1.40. The molecule has 6 heteroatoms. The van der Waals surface area contributed by atoms with E-state index in [9.17, 15) is 13.2 Å². The van der Waals surface area contributed by atoms with Crippen LogP contribution in [-0.2, 0) is 14.6 Å². The predicted octanol–water partition coefficient (Wildman–Crippen LogP) is 2.18. The van der Waals surface area contributed by atoms with E-state index in [-0.39, 0.29) is 10.8 Å². The molecule has 0 heterocycles. The Kier molecular flexibility index (Phi) is 6.84. The first kappa shape index (κ1) is 17.7. The molecule has 1 atom stereocenters. The van der Waals surface area contributed by atoms with Gasteiger partial charge in [-0.05, 0) is 37.4 Å². The number of hydrogen-bond acceptors (Lipinski definition) is 4. The van der Waals surface area contributed by atoms with Crippen LogP contribution in [-0.4, -0.2) is 27.1 Å². The smallest absolute Gasteiger partial charge is 0.224 e. The summed E-state index contributed by atoms with van der Waals surface area (Å²) in [4.78, 5) is 12.1. The van der Waals surface area contributed by atoms with E-state index < -0.39 is 9.84 Å². The number of nitrogens with two attached hydrogens (primary N) is 1. The molecular weight excluding hydrogens is 288 g/mol. The lowest BCUT2D eigenvalue weighted by Gasteiger charge is -2.14. The van der Waals surface area contributed by atoms with Crippen molar-refractivity contribution < 1.29 is 13.2 Å². The summed E-state index contributed by atoms with van der Waals surface area (Å²) in [5, 5.41) is 2.69. The highest BCUT2D eigenvalue weighted by Crippen LogP contribution is 2.21. The number of nitrogens with one attached hydrogen (secondary N) is 1. The van der Waals surface area contributed by atoms with Crippen molar-refractivity contribution in [3.05, 3.63) is 24.3 Å². The second kappa shape index (κ2) is 8.14. The van der Waals surface area contributed by atoms with Crippen LogP contribution in [0, 0.1) is 5.92 Å². The minimum absolute atomic E-state index is 0.146. The lowest BCUT2D eigenvalue weighted by molar-refractivity contribution is -0.116. The van der Waals surface area contributed by atoms with Gasteiger partial charge in [-0.1, -0.05) is 25.5 Å².